The number of benzene rings is 2. The van der Waals surface area contributed by atoms with Crippen molar-refractivity contribution in [2.45, 2.75) is 129 Å². The third kappa shape index (κ3) is 15.3. The lowest BCUT2D eigenvalue weighted by atomic mass is 9.89. The summed E-state index contributed by atoms with van der Waals surface area (Å²) in [6.45, 7) is 5.28. The molecule has 0 spiro atoms. The number of amides is 6. The second-order valence-corrected chi connectivity index (χ2v) is 21.3. The zero-order chi connectivity index (χ0) is 53.8. The average molecular weight is 1060 g/mol. The van der Waals surface area contributed by atoms with Gasteiger partial charge in [-0.05, 0) is 85.8 Å². The molecule has 0 radical (unpaired) electrons. The van der Waals surface area contributed by atoms with Gasteiger partial charge in [0, 0.05) is 74.5 Å². The maximum atomic E-state index is 13.8. The number of fused-ring (bicyclic) bond motifs is 2. The van der Waals surface area contributed by atoms with E-state index in [-0.39, 0.29) is 92.9 Å². The van der Waals surface area contributed by atoms with Gasteiger partial charge < -0.3 is 41.0 Å². The van der Waals surface area contributed by atoms with Gasteiger partial charge >= 0.3 is 22.5 Å². The van der Waals surface area contributed by atoms with Gasteiger partial charge in [0.05, 0.1) is 24.1 Å². The smallest absolute Gasteiger partial charge is 0.430 e. The molecule has 2 fully saturated rings. The molecule has 0 bridgehead atoms. The van der Waals surface area contributed by atoms with Gasteiger partial charge in [-0.1, -0.05) is 63.6 Å². The molecule has 2 aromatic heterocycles. The highest BCUT2D eigenvalue weighted by atomic mass is 32.2. The van der Waals surface area contributed by atoms with Crippen molar-refractivity contribution in [1.82, 2.24) is 30.1 Å². The Hall–Kier alpha value is -6.98. The summed E-state index contributed by atoms with van der Waals surface area (Å²) in [6.07, 6.45) is 6.51. The van der Waals surface area contributed by atoms with Crippen molar-refractivity contribution >= 4 is 74.4 Å². The number of nitrogens with two attached hydrogens (primary N) is 2. The van der Waals surface area contributed by atoms with Crippen molar-refractivity contribution in [1.29, 1.82) is 0 Å². The van der Waals surface area contributed by atoms with Gasteiger partial charge in [-0.2, -0.15) is 8.42 Å². The van der Waals surface area contributed by atoms with Crippen LogP contribution in [-0.4, -0.2) is 101 Å². The predicted molar refractivity (Wildman–Crippen MR) is 275 cm³/mol. The number of nitrogens with one attached hydrogen (secondary N) is 4. The Morgan fingerprint density at radius 3 is 2.44 bits per heavy atom. The standard InChI is InChI=1S/C52H68N10O12S/c1-31(2)46(60-44(64)13-5-4-8-22-62-45(65)24-32(3)50(62)67)42(63)26-35(11-9-21-55-51(53)68)49(66)58-37-17-14-33(15-18-37)28-72-52(69)74-43-27-38(25-36(43)29-73-75(54,70)71)61-23-20-40-47(56-30-57-48(40)61)59-41-19-16-34-10-6-7-12-39(34)41/h6-7,10,12,14-15,17-18,20,23,30-32,35-36,38,41,43,46H,4-5,8-9,11,13,16,19,21-22,24-29H2,1-3H3,(H,58,66)(H,60,64)(H3,53,55,68)(H2,54,70,71)(H,56,57,59)/t32?,35-,36-,38+,41-,43-,46+/m0/s1. The molecule has 1 unspecified atom stereocenters. The number of urea groups is 1. The van der Waals surface area contributed by atoms with Crippen molar-refractivity contribution in [3.8, 4) is 0 Å². The zero-order valence-electron chi connectivity index (χ0n) is 42.5. The molecule has 1 saturated heterocycles. The van der Waals surface area contributed by atoms with E-state index in [9.17, 15) is 42.0 Å². The Labute approximate surface area is 436 Å². The Kier molecular flexibility index (Phi) is 19.0. The molecule has 22 nitrogen and oxygen atoms in total. The van der Waals surface area contributed by atoms with Crippen LogP contribution in [0.5, 0.6) is 0 Å². The summed E-state index contributed by atoms with van der Waals surface area (Å²) >= 11 is 0. The molecule has 2 aliphatic carbocycles. The van der Waals surface area contributed by atoms with Crippen LogP contribution < -0.4 is 32.1 Å². The maximum Gasteiger partial charge on any atom is 0.508 e. The number of hydrogen-bond acceptors (Lipinski definition) is 15. The lowest BCUT2D eigenvalue weighted by Crippen LogP contribution is -2.45. The number of primary amides is 1. The van der Waals surface area contributed by atoms with E-state index >= 15 is 0 Å². The van der Waals surface area contributed by atoms with Gasteiger partial charge in [0.2, 0.25) is 23.6 Å². The van der Waals surface area contributed by atoms with E-state index in [0.29, 0.717) is 67.8 Å². The summed E-state index contributed by atoms with van der Waals surface area (Å²) in [5.41, 5.74) is 9.37. The number of unbranched alkanes of at least 4 members (excludes halogenated alkanes) is 2. The molecular formula is C52H68N10O12S. The van der Waals surface area contributed by atoms with Gasteiger partial charge in [0.25, 0.3) is 0 Å². The van der Waals surface area contributed by atoms with Gasteiger partial charge in [-0.3, -0.25) is 33.1 Å². The van der Waals surface area contributed by atoms with E-state index in [1.54, 1.807) is 45.0 Å². The fourth-order valence-electron chi connectivity index (χ4n) is 10.2. The van der Waals surface area contributed by atoms with Crippen molar-refractivity contribution in [2.75, 3.05) is 30.3 Å². The van der Waals surface area contributed by atoms with E-state index in [1.807, 2.05) is 29.0 Å². The van der Waals surface area contributed by atoms with Gasteiger partial charge in [0.15, 0.2) is 5.78 Å². The van der Waals surface area contributed by atoms with E-state index in [2.05, 4.69) is 43.4 Å². The Balaban J connectivity index is 0.911. The number of aryl methyl sites for hydroxylation is 1. The molecule has 3 heterocycles. The van der Waals surface area contributed by atoms with Crippen LogP contribution in [-0.2, 0) is 61.0 Å². The molecule has 8 N–H and O–H groups in total. The third-order valence-corrected chi connectivity index (χ3v) is 14.6. The minimum absolute atomic E-state index is 0.0935. The molecule has 2 aromatic carbocycles. The molecule has 1 saturated carbocycles. The molecule has 4 aromatic rings. The second kappa shape index (κ2) is 25.5. The Bertz CT molecular complexity index is 2820. The number of hydrogen-bond donors (Lipinski definition) is 6. The number of anilines is 2. The van der Waals surface area contributed by atoms with Crippen LogP contribution >= 0.6 is 0 Å². The first-order valence-corrected chi connectivity index (χ1v) is 27.1. The maximum absolute atomic E-state index is 13.8. The van der Waals surface area contributed by atoms with Crippen molar-refractivity contribution < 1.29 is 55.6 Å². The number of carbonyl (C=O) groups is 7. The monoisotopic (exact) mass is 1060 g/mol. The number of nitrogens with zero attached hydrogens (tertiary/aromatic N) is 4. The lowest BCUT2D eigenvalue weighted by Gasteiger charge is -2.24. The molecule has 23 heteroatoms. The summed E-state index contributed by atoms with van der Waals surface area (Å²) in [5.74, 6) is -2.80. The molecule has 3 aliphatic rings. The van der Waals surface area contributed by atoms with E-state index in [0.717, 1.165) is 18.2 Å². The lowest BCUT2D eigenvalue weighted by molar-refractivity contribution is -0.139. The van der Waals surface area contributed by atoms with Crippen LogP contribution in [0.3, 0.4) is 0 Å². The largest absolute Gasteiger partial charge is 0.508 e. The van der Waals surface area contributed by atoms with E-state index < -0.39 is 52.4 Å². The number of imide groups is 1. The fourth-order valence-corrected chi connectivity index (χ4v) is 10.6. The van der Waals surface area contributed by atoms with Crippen LogP contribution in [0.4, 0.5) is 21.1 Å². The highest BCUT2D eigenvalue weighted by molar-refractivity contribution is 7.84. The number of rotatable bonds is 26. The molecule has 7 atom stereocenters. The first kappa shape index (κ1) is 55.8. The molecule has 75 heavy (non-hydrogen) atoms. The van der Waals surface area contributed by atoms with Crippen LogP contribution in [0.25, 0.3) is 11.0 Å². The van der Waals surface area contributed by atoms with Crippen LogP contribution in [0.1, 0.15) is 120 Å². The van der Waals surface area contributed by atoms with Crippen LogP contribution in [0, 0.1) is 23.7 Å². The average Bonchev–Trinajstić information content (AvgIpc) is 4.15. The highest BCUT2D eigenvalue weighted by Gasteiger charge is 2.40. The second-order valence-electron chi connectivity index (χ2n) is 20.1. The number of likely N-dealkylation sites (tertiary alicyclic amines) is 1. The van der Waals surface area contributed by atoms with Gasteiger partial charge in [0.1, 0.15) is 30.5 Å². The van der Waals surface area contributed by atoms with E-state index in [4.69, 9.17) is 24.5 Å². The first-order chi connectivity index (χ1) is 35.8. The summed E-state index contributed by atoms with van der Waals surface area (Å²) in [7, 11) is -4.30. The number of ether oxygens (including phenoxy) is 2. The number of aromatic nitrogens is 3. The molecule has 404 valence electrons. The summed E-state index contributed by atoms with van der Waals surface area (Å²) < 4.78 is 41.9. The summed E-state index contributed by atoms with van der Waals surface area (Å²) in [6, 6.07) is 15.0. The third-order valence-electron chi connectivity index (χ3n) is 14.2. The quantitative estimate of drug-likeness (QED) is 0.0258. The topological polar surface area (TPSA) is 315 Å². The predicted octanol–water partition coefficient (Wildman–Crippen LogP) is 5.48. The van der Waals surface area contributed by atoms with Crippen LogP contribution in [0.15, 0.2) is 67.1 Å². The molecule has 7 rings (SSSR count). The minimum Gasteiger partial charge on any atom is -0.430 e. The van der Waals surface area contributed by atoms with Crippen molar-refractivity contribution in [3.63, 3.8) is 0 Å². The Morgan fingerprint density at radius 1 is 0.947 bits per heavy atom. The first-order valence-electron chi connectivity index (χ1n) is 25.6. The van der Waals surface area contributed by atoms with Gasteiger partial charge in [-0.15, -0.1) is 0 Å². The van der Waals surface area contributed by atoms with Crippen molar-refractivity contribution in [2.24, 2.45) is 34.5 Å². The fraction of sp³-hybridized carbons (Fsp3) is 0.519. The highest BCUT2D eigenvalue weighted by Crippen LogP contribution is 2.41. The molecule has 6 amide bonds. The normalized spacial score (nSPS) is 20.2. The number of carbonyl (C=O) groups excluding carboxylic acids is 7. The molecular weight excluding hydrogens is 989 g/mol. The SMILES string of the molecule is CC1CC(=O)N(CCCCCC(=O)N[C@@H](C(=O)C[C@H](CCCNC(N)=O)C(=O)Nc2ccc(COC(=O)O[C@H]3C[C@H](n4ccc5c(N[C@H]6CCc7ccccc76)ncnc54)C[C@H]3COS(N)(=O)=O)cc2)C(C)C)C1=O. The Morgan fingerprint density at radius 2 is 1.72 bits per heavy atom. The van der Waals surface area contributed by atoms with Crippen molar-refractivity contribution in [3.05, 3.63) is 83.8 Å². The van der Waals surface area contributed by atoms with E-state index in [1.165, 1.54) is 22.4 Å². The summed E-state index contributed by atoms with van der Waals surface area (Å²) in [4.78, 5) is 99.8. The zero-order valence-corrected chi connectivity index (χ0v) is 43.4. The summed E-state index contributed by atoms with van der Waals surface area (Å²) in [5, 5.41) is 17.7. The minimum atomic E-state index is -4.30. The van der Waals surface area contributed by atoms with Gasteiger partial charge in [-0.25, -0.2) is 24.7 Å². The van der Waals surface area contributed by atoms with Crippen LogP contribution in [0.2, 0.25) is 0 Å². The number of Topliss-reactive ketones (excluding diaryl/α,β-unsaturated/α-hetero) is 1. The number of ketones is 1. The molecule has 1 aliphatic heterocycles.